The summed E-state index contributed by atoms with van der Waals surface area (Å²) < 4.78 is 0.829. The lowest BCUT2D eigenvalue weighted by Crippen LogP contribution is -2.36. The van der Waals surface area contributed by atoms with Crippen LogP contribution in [0.1, 0.15) is 40.4 Å². The number of nitrogens with zero attached hydrogens (tertiary/aromatic N) is 1. The maximum absolute atomic E-state index is 12.5. The summed E-state index contributed by atoms with van der Waals surface area (Å²) in [6, 6.07) is 16.4. The van der Waals surface area contributed by atoms with Crippen LogP contribution in [0, 0.1) is 6.92 Å². The van der Waals surface area contributed by atoms with Crippen LogP contribution >= 0.6 is 15.9 Å². The fourth-order valence-electron chi connectivity index (χ4n) is 3.23. The topological polar surface area (TPSA) is 32.3 Å². The Bertz CT molecular complexity index is 693. The quantitative estimate of drug-likeness (QED) is 0.829. The molecule has 4 heteroatoms. The van der Waals surface area contributed by atoms with Gasteiger partial charge in [-0.3, -0.25) is 9.69 Å². The van der Waals surface area contributed by atoms with Crippen molar-refractivity contribution >= 4 is 21.8 Å². The third-order valence-corrected chi connectivity index (χ3v) is 5.31. The van der Waals surface area contributed by atoms with Gasteiger partial charge in [-0.15, -0.1) is 0 Å². The molecule has 1 atom stereocenters. The zero-order valence-corrected chi connectivity index (χ0v) is 15.6. The predicted molar refractivity (Wildman–Crippen MR) is 101 cm³/mol. The number of hydrogen-bond acceptors (Lipinski definition) is 2. The van der Waals surface area contributed by atoms with Gasteiger partial charge in [-0.05, 0) is 66.5 Å². The Labute approximate surface area is 152 Å². The summed E-state index contributed by atoms with van der Waals surface area (Å²) in [6.45, 7) is 4.93. The lowest BCUT2D eigenvalue weighted by molar-refractivity contribution is 0.0937. The van der Waals surface area contributed by atoms with Crippen LogP contribution in [0.25, 0.3) is 0 Å². The third-order valence-electron chi connectivity index (χ3n) is 4.62. The summed E-state index contributed by atoms with van der Waals surface area (Å²) in [7, 11) is 0. The maximum atomic E-state index is 12.5. The number of benzene rings is 2. The van der Waals surface area contributed by atoms with Crippen LogP contribution in [0.4, 0.5) is 0 Å². The number of nitrogens with one attached hydrogen (secondary N) is 1. The van der Waals surface area contributed by atoms with E-state index in [4.69, 9.17) is 0 Å². The van der Waals surface area contributed by atoms with Gasteiger partial charge in [0.1, 0.15) is 0 Å². The van der Waals surface area contributed by atoms with Crippen molar-refractivity contribution in [2.45, 2.75) is 25.8 Å². The number of hydrogen-bond donors (Lipinski definition) is 1. The van der Waals surface area contributed by atoms with Crippen LogP contribution in [-0.2, 0) is 0 Å². The van der Waals surface area contributed by atoms with Gasteiger partial charge >= 0.3 is 0 Å². The summed E-state index contributed by atoms with van der Waals surface area (Å²) in [6.07, 6.45) is 2.47. The van der Waals surface area contributed by atoms with Gasteiger partial charge in [0.15, 0.2) is 0 Å². The van der Waals surface area contributed by atoms with Crippen molar-refractivity contribution in [1.82, 2.24) is 10.2 Å². The molecule has 0 spiro atoms. The van der Waals surface area contributed by atoms with E-state index in [1.807, 2.05) is 24.3 Å². The van der Waals surface area contributed by atoms with E-state index < -0.39 is 0 Å². The van der Waals surface area contributed by atoms with Crippen molar-refractivity contribution < 1.29 is 4.79 Å². The van der Waals surface area contributed by atoms with Gasteiger partial charge < -0.3 is 5.32 Å². The molecular weight excluding hydrogens is 364 g/mol. The van der Waals surface area contributed by atoms with Crippen molar-refractivity contribution in [2.75, 3.05) is 19.6 Å². The Morgan fingerprint density at radius 1 is 1.12 bits per heavy atom. The lowest BCUT2D eigenvalue weighted by Gasteiger charge is -2.28. The molecule has 2 aromatic rings. The van der Waals surface area contributed by atoms with E-state index in [-0.39, 0.29) is 11.9 Å². The molecular formula is C20H23BrN2O. The highest BCUT2D eigenvalue weighted by molar-refractivity contribution is 9.10. The monoisotopic (exact) mass is 386 g/mol. The van der Waals surface area contributed by atoms with E-state index in [0.29, 0.717) is 12.1 Å². The van der Waals surface area contributed by atoms with Gasteiger partial charge in [-0.1, -0.05) is 42.0 Å². The van der Waals surface area contributed by atoms with Gasteiger partial charge in [-0.25, -0.2) is 0 Å². The first-order chi connectivity index (χ1) is 11.6. The van der Waals surface area contributed by atoms with Gasteiger partial charge in [-0.2, -0.15) is 0 Å². The molecule has 0 bridgehead atoms. The number of amides is 1. The van der Waals surface area contributed by atoms with Gasteiger partial charge in [0, 0.05) is 11.0 Å². The van der Waals surface area contributed by atoms with Crippen LogP contribution in [0.2, 0.25) is 0 Å². The molecule has 1 saturated heterocycles. The molecule has 2 aromatic carbocycles. The Morgan fingerprint density at radius 2 is 1.79 bits per heavy atom. The largest absolute Gasteiger partial charge is 0.350 e. The second kappa shape index (κ2) is 7.95. The van der Waals surface area contributed by atoms with Crippen molar-refractivity contribution in [3.8, 4) is 0 Å². The molecule has 1 aliphatic rings. The van der Waals surface area contributed by atoms with E-state index in [2.05, 4.69) is 57.3 Å². The molecule has 1 fully saturated rings. The molecule has 24 heavy (non-hydrogen) atoms. The SMILES string of the molecule is Cc1ccc([C@H](CNC(=O)c2ccccc2Br)N2CCCC2)cc1. The normalized spacial score (nSPS) is 16.1. The highest BCUT2D eigenvalue weighted by Crippen LogP contribution is 2.25. The van der Waals surface area contributed by atoms with Crippen molar-refractivity contribution in [3.63, 3.8) is 0 Å². The Hall–Kier alpha value is -1.65. The second-order valence-electron chi connectivity index (χ2n) is 6.36. The first kappa shape index (κ1) is 17.2. The number of carbonyl (C=O) groups is 1. The predicted octanol–water partition coefficient (Wildman–Crippen LogP) is 4.32. The molecule has 0 saturated carbocycles. The highest BCUT2D eigenvalue weighted by atomic mass is 79.9. The number of carbonyl (C=O) groups excluding carboxylic acids is 1. The zero-order chi connectivity index (χ0) is 16.9. The Kier molecular flexibility index (Phi) is 5.69. The first-order valence-electron chi connectivity index (χ1n) is 8.48. The number of aryl methyl sites for hydroxylation is 1. The van der Waals surface area contributed by atoms with E-state index in [9.17, 15) is 4.79 Å². The van der Waals surface area contributed by atoms with Gasteiger partial charge in [0.25, 0.3) is 5.91 Å². The molecule has 1 heterocycles. The van der Waals surface area contributed by atoms with Crippen molar-refractivity contribution in [2.24, 2.45) is 0 Å². The van der Waals surface area contributed by atoms with Crippen LogP contribution in [0.15, 0.2) is 53.0 Å². The van der Waals surface area contributed by atoms with Crippen LogP contribution in [0.5, 0.6) is 0 Å². The number of likely N-dealkylation sites (tertiary alicyclic amines) is 1. The summed E-state index contributed by atoms with van der Waals surface area (Å²) in [4.78, 5) is 15.0. The van der Waals surface area contributed by atoms with E-state index in [1.165, 1.54) is 24.0 Å². The average Bonchev–Trinajstić information content (AvgIpc) is 3.11. The fourth-order valence-corrected chi connectivity index (χ4v) is 3.69. The van der Waals surface area contributed by atoms with Crippen LogP contribution in [-0.4, -0.2) is 30.4 Å². The number of halogens is 1. The standard InChI is InChI=1S/C20H23BrN2O/c1-15-8-10-16(11-9-15)19(23-12-4-5-13-23)14-22-20(24)17-6-2-3-7-18(17)21/h2-3,6-11,19H,4-5,12-14H2,1H3,(H,22,24)/t19-/m0/s1. The molecule has 3 rings (SSSR count). The molecule has 0 radical (unpaired) electrons. The highest BCUT2D eigenvalue weighted by Gasteiger charge is 2.24. The maximum Gasteiger partial charge on any atom is 0.252 e. The van der Waals surface area contributed by atoms with E-state index >= 15 is 0 Å². The van der Waals surface area contributed by atoms with Crippen molar-refractivity contribution in [3.05, 3.63) is 69.7 Å². The molecule has 1 N–H and O–H groups in total. The zero-order valence-electron chi connectivity index (χ0n) is 14.0. The molecule has 3 nitrogen and oxygen atoms in total. The Morgan fingerprint density at radius 3 is 2.46 bits per heavy atom. The third kappa shape index (κ3) is 4.05. The minimum atomic E-state index is -0.0289. The molecule has 0 aromatic heterocycles. The van der Waals surface area contributed by atoms with Gasteiger partial charge in [0.05, 0.1) is 11.6 Å². The van der Waals surface area contributed by atoms with E-state index in [1.54, 1.807) is 0 Å². The minimum Gasteiger partial charge on any atom is -0.350 e. The molecule has 1 aliphatic heterocycles. The smallest absolute Gasteiger partial charge is 0.252 e. The van der Waals surface area contributed by atoms with Crippen LogP contribution in [0.3, 0.4) is 0 Å². The number of rotatable bonds is 5. The summed E-state index contributed by atoms with van der Waals surface area (Å²) in [5.74, 6) is -0.0289. The molecule has 1 amide bonds. The van der Waals surface area contributed by atoms with E-state index in [0.717, 1.165) is 17.6 Å². The summed E-state index contributed by atoms with van der Waals surface area (Å²) in [5.41, 5.74) is 3.22. The second-order valence-corrected chi connectivity index (χ2v) is 7.21. The minimum absolute atomic E-state index is 0.0289. The van der Waals surface area contributed by atoms with Crippen LogP contribution < -0.4 is 5.32 Å². The molecule has 126 valence electrons. The Balaban J connectivity index is 1.73. The first-order valence-corrected chi connectivity index (χ1v) is 9.28. The molecule has 0 aliphatic carbocycles. The molecule has 0 unspecified atom stereocenters. The summed E-state index contributed by atoms with van der Waals surface area (Å²) in [5, 5.41) is 3.12. The lowest BCUT2D eigenvalue weighted by atomic mass is 10.0. The average molecular weight is 387 g/mol. The van der Waals surface area contributed by atoms with Gasteiger partial charge in [0.2, 0.25) is 0 Å². The summed E-state index contributed by atoms with van der Waals surface area (Å²) >= 11 is 3.45. The van der Waals surface area contributed by atoms with Crippen molar-refractivity contribution in [1.29, 1.82) is 0 Å². The fraction of sp³-hybridized carbons (Fsp3) is 0.350.